The van der Waals surface area contributed by atoms with E-state index in [2.05, 4.69) is 17.4 Å². The molecule has 2 aliphatic rings. The molecule has 0 saturated carbocycles. The van der Waals surface area contributed by atoms with Crippen molar-refractivity contribution < 1.29 is 24.2 Å². The molecular formula is C25H28N2O5. The maximum atomic E-state index is 12.9. The second-order valence-corrected chi connectivity index (χ2v) is 8.60. The van der Waals surface area contributed by atoms with E-state index >= 15 is 0 Å². The van der Waals surface area contributed by atoms with Crippen LogP contribution in [0.1, 0.15) is 37.3 Å². The molecule has 0 aromatic heterocycles. The number of alkyl carbamates (subject to hydrolysis) is 1. The largest absolute Gasteiger partial charge is 0.481 e. The summed E-state index contributed by atoms with van der Waals surface area (Å²) in [6, 6.07) is 15.4. The Morgan fingerprint density at radius 1 is 1.06 bits per heavy atom. The lowest BCUT2D eigenvalue weighted by molar-refractivity contribution is -0.142. The number of nitrogens with zero attached hydrogens (tertiary/aromatic N) is 1. The number of carbonyl (C=O) groups is 3. The van der Waals surface area contributed by atoms with E-state index in [1.807, 2.05) is 43.3 Å². The molecule has 7 heteroatoms. The second-order valence-electron chi connectivity index (χ2n) is 8.60. The van der Waals surface area contributed by atoms with Gasteiger partial charge < -0.3 is 20.1 Å². The van der Waals surface area contributed by atoms with Crippen molar-refractivity contribution in [2.75, 3.05) is 19.7 Å². The minimum atomic E-state index is -0.898. The van der Waals surface area contributed by atoms with Crippen LogP contribution in [0.5, 0.6) is 0 Å². The Morgan fingerprint density at radius 3 is 2.19 bits per heavy atom. The van der Waals surface area contributed by atoms with Crippen LogP contribution in [0.15, 0.2) is 48.5 Å². The number of benzene rings is 2. The van der Waals surface area contributed by atoms with Crippen LogP contribution < -0.4 is 5.32 Å². The highest BCUT2D eigenvalue weighted by Gasteiger charge is 2.39. The summed E-state index contributed by atoms with van der Waals surface area (Å²) in [5.41, 5.74) is 4.54. The summed E-state index contributed by atoms with van der Waals surface area (Å²) in [5.74, 6) is -1.92. The number of aliphatic carboxylic acids is 1. The van der Waals surface area contributed by atoms with Crippen LogP contribution >= 0.6 is 0 Å². The summed E-state index contributed by atoms with van der Waals surface area (Å²) in [7, 11) is 0. The summed E-state index contributed by atoms with van der Waals surface area (Å²) in [5, 5.41) is 12.0. The molecule has 0 radical (unpaired) electrons. The monoisotopic (exact) mass is 436 g/mol. The van der Waals surface area contributed by atoms with Gasteiger partial charge in [0, 0.05) is 19.0 Å². The highest BCUT2D eigenvalue weighted by molar-refractivity contribution is 5.87. The van der Waals surface area contributed by atoms with Crippen LogP contribution in [-0.2, 0) is 14.3 Å². The van der Waals surface area contributed by atoms with Gasteiger partial charge in [-0.25, -0.2) is 4.79 Å². The Labute approximate surface area is 187 Å². The third kappa shape index (κ3) is 4.07. The minimum Gasteiger partial charge on any atom is -0.481 e. The number of amides is 2. The smallest absolute Gasteiger partial charge is 0.407 e. The third-order valence-electron chi connectivity index (χ3n) is 6.58. The van der Waals surface area contributed by atoms with Crippen molar-refractivity contribution in [3.63, 3.8) is 0 Å². The first-order chi connectivity index (χ1) is 15.4. The van der Waals surface area contributed by atoms with Crippen molar-refractivity contribution in [2.45, 2.75) is 32.2 Å². The highest BCUT2D eigenvalue weighted by Crippen LogP contribution is 2.44. The van der Waals surface area contributed by atoms with E-state index in [4.69, 9.17) is 4.74 Å². The maximum absolute atomic E-state index is 12.9. The zero-order valence-electron chi connectivity index (χ0n) is 18.3. The summed E-state index contributed by atoms with van der Waals surface area (Å²) in [4.78, 5) is 38.3. The van der Waals surface area contributed by atoms with Gasteiger partial charge in [0.05, 0.1) is 5.92 Å². The molecule has 0 unspecified atom stereocenters. The minimum absolute atomic E-state index is 0.0558. The van der Waals surface area contributed by atoms with E-state index in [9.17, 15) is 19.5 Å². The van der Waals surface area contributed by atoms with Crippen LogP contribution in [0.3, 0.4) is 0 Å². The fourth-order valence-electron chi connectivity index (χ4n) is 4.81. The van der Waals surface area contributed by atoms with Gasteiger partial charge in [-0.1, -0.05) is 62.4 Å². The second kappa shape index (κ2) is 9.02. The van der Waals surface area contributed by atoms with Gasteiger partial charge in [-0.2, -0.15) is 0 Å². The fraction of sp³-hybridized carbons (Fsp3) is 0.400. The van der Waals surface area contributed by atoms with Crippen molar-refractivity contribution >= 4 is 18.0 Å². The Morgan fingerprint density at radius 2 is 1.66 bits per heavy atom. The van der Waals surface area contributed by atoms with E-state index in [1.54, 1.807) is 6.92 Å². The van der Waals surface area contributed by atoms with Crippen molar-refractivity contribution in [1.82, 2.24) is 10.2 Å². The molecule has 1 heterocycles. The molecule has 0 bridgehead atoms. The summed E-state index contributed by atoms with van der Waals surface area (Å²) in [6.45, 7) is 4.34. The van der Waals surface area contributed by atoms with E-state index in [1.165, 1.54) is 4.90 Å². The van der Waals surface area contributed by atoms with Gasteiger partial charge in [0.15, 0.2) is 0 Å². The van der Waals surface area contributed by atoms with Gasteiger partial charge in [0.2, 0.25) is 5.91 Å². The highest BCUT2D eigenvalue weighted by atomic mass is 16.5. The van der Waals surface area contributed by atoms with Crippen molar-refractivity contribution in [2.24, 2.45) is 11.8 Å². The Balaban J connectivity index is 1.38. The third-order valence-corrected chi connectivity index (χ3v) is 6.58. The van der Waals surface area contributed by atoms with Gasteiger partial charge in [-0.3, -0.25) is 9.59 Å². The number of rotatable bonds is 6. The first-order valence-corrected chi connectivity index (χ1v) is 11.0. The summed E-state index contributed by atoms with van der Waals surface area (Å²) >= 11 is 0. The molecule has 1 aliphatic carbocycles. The Hall–Kier alpha value is -3.35. The number of hydrogen-bond donors (Lipinski definition) is 2. The first kappa shape index (κ1) is 21.9. The van der Waals surface area contributed by atoms with E-state index in [0.717, 1.165) is 22.3 Å². The van der Waals surface area contributed by atoms with Gasteiger partial charge in [-0.15, -0.1) is 0 Å². The molecule has 4 rings (SSSR count). The van der Waals surface area contributed by atoms with Crippen molar-refractivity contribution in [3.8, 4) is 11.1 Å². The average molecular weight is 437 g/mol. The Kier molecular flexibility index (Phi) is 6.17. The zero-order valence-corrected chi connectivity index (χ0v) is 18.3. The van der Waals surface area contributed by atoms with Gasteiger partial charge >= 0.3 is 12.1 Å². The predicted octanol–water partition coefficient (Wildman–Crippen LogP) is 3.48. The SMILES string of the molecule is CC[C@@H](NC(=O)OCC1c2ccccc2-c2ccccc21)C(=O)N1C[C@@H](C)[C@H](C(=O)O)C1. The van der Waals surface area contributed by atoms with E-state index in [-0.39, 0.29) is 30.9 Å². The molecule has 7 nitrogen and oxygen atoms in total. The number of carbonyl (C=O) groups excluding carboxylic acids is 2. The number of carboxylic acid groups (broad SMARTS) is 1. The Bertz CT molecular complexity index is 991. The number of likely N-dealkylation sites (tertiary alicyclic amines) is 1. The lowest BCUT2D eigenvalue weighted by Gasteiger charge is -2.23. The summed E-state index contributed by atoms with van der Waals surface area (Å²) < 4.78 is 5.55. The molecule has 2 N–H and O–H groups in total. The standard InChI is InChI=1S/C25H28N2O5/c1-3-22(23(28)27-12-15(2)20(13-27)24(29)30)26-25(31)32-14-21-18-10-6-4-8-16(18)17-9-5-7-11-19(17)21/h4-11,15,20-22H,3,12-14H2,1-2H3,(H,26,31)(H,29,30)/t15-,20-,22-/m1/s1. The van der Waals surface area contributed by atoms with Crippen molar-refractivity contribution in [3.05, 3.63) is 59.7 Å². The molecular weight excluding hydrogens is 408 g/mol. The molecule has 1 fully saturated rings. The molecule has 0 spiro atoms. The lowest BCUT2D eigenvalue weighted by atomic mass is 9.98. The molecule has 1 aliphatic heterocycles. The molecule has 1 saturated heterocycles. The molecule has 168 valence electrons. The topological polar surface area (TPSA) is 95.9 Å². The predicted molar refractivity (Wildman–Crippen MR) is 119 cm³/mol. The number of fused-ring (bicyclic) bond motifs is 3. The first-order valence-electron chi connectivity index (χ1n) is 11.0. The van der Waals surface area contributed by atoms with Crippen LogP contribution in [0, 0.1) is 11.8 Å². The normalized spacial score (nSPS) is 20.4. The lowest BCUT2D eigenvalue weighted by Crippen LogP contribution is -2.48. The summed E-state index contributed by atoms with van der Waals surface area (Å²) in [6.07, 6.45) is -0.250. The number of hydrogen-bond acceptors (Lipinski definition) is 4. The van der Waals surface area contributed by atoms with E-state index < -0.39 is 24.0 Å². The average Bonchev–Trinajstić information content (AvgIpc) is 3.34. The molecule has 2 aromatic carbocycles. The van der Waals surface area contributed by atoms with Gasteiger partial charge in [-0.05, 0) is 34.6 Å². The van der Waals surface area contributed by atoms with Crippen LogP contribution in [0.2, 0.25) is 0 Å². The molecule has 3 atom stereocenters. The number of nitrogens with one attached hydrogen (secondary N) is 1. The number of carboxylic acids is 1. The van der Waals surface area contributed by atoms with Crippen LogP contribution in [0.25, 0.3) is 11.1 Å². The van der Waals surface area contributed by atoms with Gasteiger partial charge in [0.1, 0.15) is 12.6 Å². The van der Waals surface area contributed by atoms with Crippen molar-refractivity contribution in [1.29, 1.82) is 0 Å². The molecule has 2 amide bonds. The van der Waals surface area contributed by atoms with Gasteiger partial charge in [0.25, 0.3) is 0 Å². The zero-order chi connectivity index (χ0) is 22.8. The van der Waals surface area contributed by atoms with Crippen LogP contribution in [0.4, 0.5) is 4.79 Å². The van der Waals surface area contributed by atoms with E-state index in [0.29, 0.717) is 13.0 Å². The number of ether oxygens (including phenoxy) is 1. The molecule has 32 heavy (non-hydrogen) atoms. The maximum Gasteiger partial charge on any atom is 0.407 e. The quantitative estimate of drug-likeness (QED) is 0.723. The molecule has 2 aromatic rings. The fourth-order valence-corrected chi connectivity index (χ4v) is 4.81. The van der Waals surface area contributed by atoms with Crippen LogP contribution in [-0.4, -0.2) is 53.7 Å².